The summed E-state index contributed by atoms with van der Waals surface area (Å²) in [5.41, 5.74) is 0. The van der Waals surface area contributed by atoms with Gasteiger partial charge in [0.25, 0.3) is 0 Å². The van der Waals surface area contributed by atoms with E-state index in [9.17, 15) is 0 Å². The van der Waals surface area contributed by atoms with Crippen LogP contribution < -0.4 is 0 Å². The lowest BCUT2D eigenvalue weighted by molar-refractivity contribution is 1.33. The highest BCUT2D eigenvalue weighted by molar-refractivity contribution is 8.21. The number of rotatable bonds is 2. The molecule has 0 aliphatic heterocycles. The standard InChI is InChI=1S/C4H8S2.C3H2N2/c1-4(5-2)6-3;4-2-1-3-5/h1H2,2-3H3;1H2. The smallest absolute Gasteiger partial charge is 0.122 e. The van der Waals surface area contributed by atoms with Crippen LogP contribution in [-0.4, -0.2) is 12.5 Å². The van der Waals surface area contributed by atoms with Crippen LogP contribution in [0.1, 0.15) is 6.42 Å². The summed E-state index contributed by atoms with van der Waals surface area (Å²) >= 11 is 3.39. The number of nitriles is 2. The van der Waals surface area contributed by atoms with Crippen LogP contribution in [0.2, 0.25) is 0 Å². The Morgan fingerprint density at radius 1 is 1.27 bits per heavy atom. The van der Waals surface area contributed by atoms with E-state index in [0.717, 1.165) is 0 Å². The van der Waals surface area contributed by atoms with Crippen molar-refractivity contribution in [1.82, 2.24) is 0 Å². The number of hydrogen-bond acceptors (Lipinski definition) is 4. The first-order valence-corrected chi connectivity index (χ1v) is 5.18. The van der Waals surface area contributed by atoms with Gasteiger partial charge in [0.1, 0.15) is 6.42 Å². The van der Waals surface area contributed by atoms with E-state index in [2.05, 4.69) is 6.58 Å². The molecular formula is C7H10N2S2. The van der Waals surface area contributed by atoms with Gasteiger partial charge in [-0.3, -0.25) is 0 Å². The van der Waals surface area contributed by atoms with Gasteiger partial charge in [-0.15, -0.1) is 23.5 Å². The molecule has 4 heteroatoms. The fraction of sp³-hybridized carbons (Fsp3) is 0.429. The summed E-state index contributed by atoms with van der Waals surface area (Å²) < 4.78 is 1.18. The highest BCUT2D eigenvalue weighted by Gasteiger charge is 1.79. The molecule has 0 N–H and O–H groups in total. The molecule has 0 spiro atoms. The third kappa shape index (κ3) is 17.7. The van der Waals surface area contributed by atoms with Gasteiger partial charge in [-0.25, -0.2) is 0 Å². The zero-order valence-electron chi connectivity index (χ0n) is 6.63. The first kappa shape index (κ1) is 13.0. The molecule has 0 bridgehead atoms. The predicted molar refractivity (Wildman–Crippen MR) is 52.0 cm³/mol. The molecular weight excluding hydrogens is 176 g/mol. The van der Waals surface area contributed by atoms with Gasteiger partial charge in [-0.1, -0.05) is 6.58 Å². The molecule has 0 aromatic carbocycles. The molecule has 0 fully saturated rings. The van der Waals surface area contributed by atoms with Crippen molar-refractivity contribution in [2.24, 2.45) is 0 Å². The zero-order chi connectivity index (χ0) is 9.11. The Kier molecular flexibility index (Phi) is 14.4. The molecule has 0 saturated heterocycles. The molecule has 0 atom stereocenters. The maximum atomic E-state index is 7.59. The van der Waals surface area contributed by atoms with E-state index < -0.39 is 0 Å². The first-order chi connectivity index (χ1) is 5.22. The summed E-state index contributed by atoms with van der Waals surface area (Å²) in [4.78, 5) is 0. The number of thioether (sulfide) groups is 2. The fourth-order valence-corrected chi connectivity index (χ4v) is 0.785. The lowest BCUT2D eigenvalue weighted by Gasteiger charge is -1.88. The molecule has 0 aromatic heterocycles. The normalized spacial score (nSPS) is 6.55. The summed E-state index contributed by atoms with van der Waals surface area (Å²) in [7, 11) is 0. The Bertz CT molecular complexity index is 158. The summed E-state index contributed by atoms with van der Waals surface area (Å²) in [6.07, 6.45) is 4.05. The Morgan fingerprint density at radius 2 is 1.64 bits per heavy atom. The molecule has 0 saturated carbocycles. The van der Waals surface area contributed by atoms with Gasteiger partial charge in [-0.2, -0.15) is 10.5 Å². The number of nitrogens with zero attached hydrogens (tertiary/aromatic N) is 2. The molecule has 11 heavy (non-hydrogen) atoms. The van der Waals surface area contributed by atoms with Crippen LogP contribution in [0, 0.1) is 22.7 Å². The van der Waals surface area contributed by atoms with Gasteiger partial charge in [0.15, 0.2) is 0 Å². The fourth-order valence-electron chi connectivity index (χ4n) is 0.119. The molecule has 2 nitrogen and oxygen atoms in total. The summed E-state index contributed by atoms with van der Waals surface area (Å²) in [5, 5.41) is 15.2. The van der Waals surface area contributed by atoms with Gasteiger partial charge in [0, 0.05) is 4.24 Å². The molecule has 0 aliphatic rings. The van der Waals surface area contributed by atoms with Crippen molar-refractivity contribution in [1.29, 1.82) is 10.5 Å². The molecule has 0 radical (unpaired) electrons. The van der Waals surface area contributed by atoms with E-state index in [1.54, 1.807) is 35.7 Å². The second-order valence-electron chi connectivity index (χ2n) is 1.27. The van der Waals surface area contributed by atoms with Crippen LogP contribution in [0.5, 0.6) is 0 Å². The van der Waals surface area contributed by atoms with Crippen LogP contribution in [0.25, 0.3) is 0 Å². The van der Waals surface area contributed by atoms with Crippen molar-refractivity contribution in [3.05, 3.63) is 10.8 Å². The molecule has 60 valence electrons. The van der Waals surface area contributed by atoms with Crippen LogP contribution in [0.4, 0.5) is 0 Å². The van der Waals surface area contributed by atoms with Gasteiger partial charge in [0.05, 0.1) is 12.1 Å². The Balaban J connectivity index is 0. The minimum atomic E-state index is 0. The third-order valence-electron chi connectivity index (χ3n) is 0.613. The SMILES string of the molecule is C=C(SC)SC.N#CCC#N. The summed E-state index contributed by atoms with van der Waals surface area (Å²) in [6, 6.07) is 3.31. The van der Waals surface area contributed by atoms with Crippen LogP contribution >= 0.6 is 23.5 Å². The van der Waals surface area contributed by atoms with E-state index in [-0.39, 0.29) is 6.42 Å². The quantitative estimate of drug-likeness (QED) is 0.665. The second kappa shape index (κ2) is 12.1. The van der Waals surface area contributed by atoms with E-state index in [1.165, 1.54) is 4.24 Å². The third-order valence-corrected chi connectivity index (χ3v) is 2.52. The first-order valence-electron chi connectivity index (χ1n) is 2.73. The predicted octanol–water partition coefficient (Wildman–Crippen LogP) is 2.61. The minimum Gasteiger partial charge on any atom is -0.197 e. The van der Waals surface area contributed by atoms with Crippen LogP contribution in [-0.2, 0) is 0 Å². The van der Waals surface area contributed by atoms with Gasteiger partial charge in [0.2, 0.25) is 0 Å². The van der Waals surface area contributed by atoms with E-state index in [0.29, 0.717) is 0 Å². The van der Waals surface area contributed by atoms with Crippen LogP contribution in [0.3, 0.4) is 0 Å². The van der Waals surface area contributed by atoms with Gasteiger partial charge in [-0.05, 0) is 12.5 Å². The van der Waals surface area contributed by atoms with Crippen molar-refractivity contribution in [3.8, 4) is 12.1 Å². The van der Waals surface area contributed by atoms with Crippen molar-refractivity contribution in [2.45, 2.75) is 6.42 Å². The van der Waals surface area contributed by atoms with E-state index >= 15 is 0 Å². The average molecular weight is 186 g/mol. The second-order valence-corrected chi connectivity index (χ2v) is 3.33. The van der Waals surface area contributed by atoms with E-state index in [4.69, 9.17) is 10.5 Å². The maximum absolute atomic E-state index is 7.59. The van der Waals surface area contributed by atoms with E-state index in [1.807, 2.05) is 12.5 Å². The van der Waals surface area contributed by atoms with Crippen molar-refractivity contribution >= 4 is 23.5 Å². The lowest BCUT2D eigenvalue weighted by Crippen LogP contribution is -1.53. The lowest BCUT2D eigenvalue weighted by atomic mass is 10.5. The van der Waals surface area contributed by atoms with Gasteiger partial charge >= 0.3 is 0 Å². The van der Waals surface area contributed by atoms with Gasteiger partial charge < -0.3 is 0 Å². The molecule has 0 rings (SSSR count). The zero-order valence-corrected chi connectivity index (χ0v) is 8.26. The molecule has 0 amide bonds. The minimum absolute atomic E-state index is 0. The Hall–Kier alpha value is -0.580. The molecule has 0 aromatic rings. The Labute approximate surface area is 76.3 Å². The largest absolute Gasteiger partial charge is 0.197 e. The summed E-state index contributed by atoms with van der Waals surface area (Å²) in [5.74, 6) is 0. The van der Waals surface area contributed by atoms with Crippen molar-refractivity contribution < 1.29 is 0 Å². The number of hydrogen-bond donors (Lipinski definition) is 0. The Morgan fingerprint density at radius 3 is 1.64 bits per heavy atom. The monoisotopic (exact) mass is 186 g/mol. The van der Waals surface area contributed by atoms with Crippen LogP contribution in [0.15, 0.2) is 10.8 Å². The van der Waals surface area contributed by atoms with Crippen molar-refractivity contribution in [3.63, 3.8) is 0 Å². The highest BCUT2D eigenvalue weighted by Crippen LogP contribution is 2.19. The topological polar surface area (TPSA) is 47.6 Å². The highest BCUT2D eigenvalue weighted by atomic mass is 32.2. The van der Waals surface area contributed by atoms with Crippen molar-refractivity contribution in [2.75, 3.05) is 12.5 Å². The maximum Gasteiger partial charge on any atom is 0.122 e. The average Bonchev–Trinajstić information content (AvgIpc) is 2.06. The molecule has 0 unspecified atom stereocenters. The summed E-state index contributed by atoms with van der Waals surface area (Å²) in [6.45, 7) is 3.72. The molecule has 0 aliphatic carbocycles. The molecule has 0 heterocycles.